The smallest absolute Gasteiger partial charge is 0.190 e. The maximum Gasteiger partial charge on any atom is 0.190 e. The lowest BCUT2D eigenvalue weighted by molar-refractivity contribution is 0.243. The second kappa shape index (κ2) is 6.77. The Labute approximate surface area is 146 Å². The van der Waals surface area contributed by atoms with Gasteiger partial charge in [-0.2, -0.15) is 0 Å². The van der Waals surface area contributed by atoms with Crippen LogP contribution in [0.4, 0.5) is 17.6 Å². The molecule has 138 valence electrons. The van der Waals surface area contributed by atoms with E-state index in [2.05, 4.69) is 0 Å². The van der Waals surface area contributed by atoms with E-state index in [0.717, 1.165) is 24.3 Å². The zero-order valence-electron chi connectivity index (χ0n) is 13.4. The third-order valence-electron chi connectivity index (χ3n) is 3.96. The maximum absolute atomic E-state index is 14.1. The quantitative estimate of drug-likeness (QED) is 0.553. The van der Waals surface area contributed by atoms with Crippen LogP contribution in [0.25, 0.3) is 11.1 Å². The van der Waals surface area contributed by atoms with Gasteiger partial charge in [0.1, 0.15) is 25.4 Å². The van der Waals surface area contributed by atoms with Gasteiger partial charge in [0.05, 0.1) is 13.2 Å². The van der Waals surface area contributed by atoms with Crippen LogP contribution >= 0.6 is 0 Å². The molecule has 2 unspecified atom stereocenters. The molecule has 0 bridgehead atoms. The highest BCUT2D eigenvalue weighted by Gasteiger charge is 2.26. The van der Waals surface area contributed by atoms with Crippen molar-refractivity contribution in [1.29, 1.82) is 0 Å². The van der Waals surface area contributed by atoms with Crippen molar-refractivity contribution in [3.05, 3.63) is 47.5 Å². The van der Waals surface area contributed by atoms with E-state index in [1.165, 1.54) is 0 Å². The zero-order valence-corrected chi connectivity index (χ0v) is 13.4. The van der Waals surface area contributed by atoms with Crippen LogP contribution in [0.1, 0.15) is 0 Å². The predicted molar refractivity (Wildman–Crippen MR) is 82.2 cm³/mol. The fourth-order valence-electron chi connectivity index (χ4n) is 2.41. The van der Waals surface area contributed by atoms with Crippen LogP contribution in [0, 0.1) is 23.3 Å². The Hall–Kier alpha value is -2.32. The summed E-state index contributed by atoms with van der Waals surface area (Å²) < 4.78 is 76.5. The minimum Gasteiger partial charge on any atom is -0.485 e. The first-order valence-corrected chi connectivity index (χ1v) is 7.98. The van der Waals surface area contributed by atoms with E-state index in [0.29, 0.717) is 13.2 Å². The first-order valence-electron chi connectivity index (χ1n) is 7.98. The van der Waals surface area contributed by atoms with Crippen molar-refractivity contribution in [3.8, 4) is 22.6 Å². The van der Waals surface area contributed by atoms with Gasteiger partial charge in [0.2, 0.25) is 0 Å². The van der Waals surface area contributed by atoms with E-state index < -0.39 is 34.8 Å². The average Bonchev–Trinajstić information content (AvgIpc) is 3.47. The summed E-state index contributed by atoms with van der Waals surface area (Å²) >= 11 is 0. The Morgan fingerprint density at radius 1 is 0.692 bits per heavy atom. The molecule has 2 aliphatic rings. The lowest BCUT2D eigenvalue weighted by atomic mass is 10.0. The molecule has 0 spiro atoms. The van der Waals surface area contributed by atoms with Crippen molar-refractivity contribution in [3.63, 3.8) is 0 Å². The van der Waals surface area contributed by atoms with Crippen LogP contribution in [0.2, 0.25) is 0 Å². The molecule has 2 saturated heterocycles. The van der Waals surface area contributed by atoms with Gasteiger partial charge < -0.3 is 18.9 Å². The Morgan fingerprint density at radius 2 is 1.00 bits per heavy atom. The summed E-state index contributed by atoms with van der Waals surface area (Å²) in [6, 6.07) is 3.83. The summed E-state index contributed by atoms with van der Waals surface area (Å²) in [4.78, 5) is 0. The van der Waals surface area contributed by atoms with Gasteiger partial charge in [0.15, 0.2) is 34.8 Å². The topological polar surface area (TPSA) is 43.5 Å². The average molecular weight is 370 g/mol. The molecular weight excluding hydrogens is 356 g/mol. The first kappa shape index (κ1) is 17.1. The number of hydrogen-bond acceptors (Lipinski definition) is 4. The number of rotatable bonds is 7. The Kier molecular flexibility index (Phi) is 4.46. The fraction of sp³-hybridized carbons (Fsp3) is 0.333. The van der Waals surface area contributed by atoms with Gasteiger partial charge in [-0.15, -0.1) is 0 Å². The van der Waals surface area contributed by atoms with Crippen LogP contribution in [0.5, 0.6) is 11.5 Å². The van der Waals surface area contributed by atoms with Crippen LogP contribution < -0.4 is 9.47 Å². The standard InChI is InChI=1S/C18H14F4O4/c19-13-1-9(2-14(20)17(13)25-7-11-5-23-11)10-3-15(21)18(16(22)4-10)26-8-12-6-24-12/h1-4,11-12H,5-8H2. The SMILES string of the molecule is Fc1cc(-c2cc(F)c(OCC3CO3)c(F)c2)cc(F)c1OCC1CO1. The van der Waals surface area contributed by atoms with Crippen LogP contribution in [0.3, 0.4) is 0 Å². The molecule has 0 aliphatic carbocycles. The van der Waals surface area contributed by atoms with Crippen LogP contribution in [0.15, 0.2) is 24.3 Å². The molecule has 8 heteroatoms. The van der Waals surface area contributed by atoms with Crippen molar-refractivity contribution in [2.24, 2.45) is 0 Å². The van der Waals surface area contributed by atoms with E-state index in [1.807, 2.05) is 0 Å². The van der Waals surface area contributed by atoms with Crippen molar-refractivity contribution in [2.45, 2.75) is 12.2 Å². The third-order valence-corrected chi connectivity index (χ3v) is 3.96. The predicted octanol–water partition coefficient (Wildman–Crippen LogP) is 3.47. The molecule has 0 radical (unpaired) electrons. The molecule has 2 atom stereocenters. The van der Waals surface area contributed by atoms with Gasteiger partial charge in [-0.05, 0) is 35.4 Å². The molecule has 2 fully saturated rings. The molecule has 0 amide bonds. The number of halogens is 4. The minimum absolute atomic E-state index is 0.0232. The van der Waals surface area contributed by atoms with Crippen molar-refractivity contribution in [1.82, 2.24) is 0 Å². The second-order valence-corrected chi connectivity index (χ2v) is 6.07. The van der Waals surface area contributed by atoms with Crippen molar-refractivity contribution >= 4 is 0 Å². The third kappa shape index (κ3) is 3.76. The first-order chi connectivity index (χ1) is 12.5. The zero-order chi connectivity index (χ0) is 18.3. The Balaban J connectivity index is 1.57. The van der Waals surface area contributed by atoms with E-state index in [4.69, 9.17) is 18.9 Å². The molecule has 26 heavy (non-hydrogen) atoms. The summed E-state index contributed by atoms with van der Waals surface area (Å²) in [6.07, 6.45) is -0.324. The van der Waals surface area contributed by atoms with Crippen LogP contribution in [-0.2, 0) is 9.47 Å². The summed E-state index contributed by atoms with van der Waals surface area (Å²) in [5.74, 6) is -4.95. The molecule has 4 rings (SSSR count). The molecule has 2 aromatic carbocycles. The second-order valence-electron chi connectivity index (χ2n) is 6.07. The fourth-order valence-corrected chi connectivity index (χ4v) is 2.41. The molecule has 4 nitrogen and oxygen atoms in total. The monoisotopic (exact) mass is 370 g/mol. The number of ether oxygens (including phenoxy) is 4. The summed E-state index contributed by atoms with van der Waals surface area (Å²) in [5, 5.41) is 0. The lowest BCUT2D eigenvalue weighted by Crippen LogP contribution is -2.08. The lowest BCUT2D eigenvalue weighted by Gasteiger charge is -2.12. The number of epoxide rings is 2. The molecular formula is C18H14F4O4. The summed E-state index contributed by atoms with van der Waals surface area (Å²) in [6.45, 7) is 1.04. The van der Waals surface area contributed by atoms with Gasteiger partial charge in [-0.1, -0.05) is 0 Å². The van der Waals surface area contributed by atoms with Crippen molar-refractivity contribution in [2.75, 3.05) is 26.4 Å². The highest BCUT2D eigenvalue weighted by atomic mass is 19.1. The minimum atomic E-state index is -0.965. The maximum atomic E-state index is 14.1. The van der Waals surface area contributed by atoms with Crippen LogP contribution in [-0.4, -0.2) is 38.6 Å². The highest BCUT2D eigenvalue weighted by Crippen LogP contribution is 2.33. The van der Waals surface area contributed by atoms with Gasteiger partial charge in [-0.3, -0.25) is 0 Å². The van der Waals surface area contributed by atoms with Gasteiger partial charge in [0, 0.05) is 0 Å². The Morgan fingerprint density at radius 3 is 1.27 bits per heavy atom. The van der Waals surface area contributed by atoms with E-state index in [9.17, 15) is 17.6 Å². The molecule has 2 aliphatic heterocycles. The number of benzene rings is 2. The summed E-state index contributed by atoms with van der Waals surface area (Å²) in [5.41, 5.74) is -0.0465. The van der Waals surface area contributed by atoms with Gasteiger partial charge >= 0.3 is 0 Å². The van der Waals surface area contributed by atoms with Gasteiger partial charge in [0.25, 0.3) is 0 Å². The summed E-state index contributed by atoms with van der Waals surface area (Å²) in [7, 11) is 0. The molecule has 2 heterocycles. The molecule has 0 aromatic heterocycles. The van der Waals surface area contributed by atoms with Crippen molar-refractivity contribution < 1.29 is 36.5 Å². The largest absolute Gasteiger partial charge is 0.485 e. The van der Waals surface area contributed by atoms with E-state index in [-0.39, 0.29) is 36.5 Å². The Bertz CT molecular complexity index is 718. The number of hydrogen-bond donors (Lipinski definition) is 0. The van der Waals surface area contributed by atoms with E-state index in [1.54, 1.807) is 0 Å². The van der Waals surface area contributed by atoms with E-state index >= 15 is 0 Å². The molecule has 0 N–H and O–H groups in total. The normalized spacial score (nSPS) is 20.8. The molecule has 2 aromatic rings. The molecule has 0 saturated carbocycles. The highest BCUT2D eigenvalue weighted by molar-refractivity contribution is 5.66. The van der Waals surface area contributed by atoms with Gasteiger partial charge in [-0.25, -0.2) is 17.6 Å².